The maximum atomic E-state index is 14.2. The van der Waals surface area contributed by atoms with E-state index in [1.807, 2.05) is 38.1 Å². The summed E-state index contributed by atoms with van der Waals surface area (Å²) < 4.78 is 25.4. The summed E-state index contributed by atoms with van der Waals surface area (Å²) in [7, 11) is 0. The zero-order valence-corrected chi connectivity index (χ0v) is 19.4. The maximum Gasteiger partial charge on any atom is 0.320 e. The first-order valence-corrected chi connectivity index (χ1v) is 11.3. The van der Waals surface area contributed by atoms with Crippen LogP contribution < -0.4 is 4.74 Å². The van der Waals surface area contributed by atoms with E-state index in [2.05, 4.69) is 9.88 Å². The average Bonchev–Trinajstić information content (AvgIpc) is 2.78. The van der Waals surface area contributed by atoms with E-state index < -0.39 is 0 Å². The molecular formula is C26H26ClFN2O3. The molecule has 0 unspecified atom stereocenters. The second-order valence-corrected chi connectivity index (χ2v) is 8.68. The third kappa shape index (κ3) is 5.70. The second kappa shape index (κ2) is 10.3. The standard InChI is InChI=1S/C26H26ClFN2O3/c1-17(2)33-25(31)15-30-13-12-23-18(14-30)10-11-24(29-23)32-16-19-6-5-8-21(26(19)27)20-7-3-4-9-22(20)28/h3-11,17H,12-16H2,1-2H3. The van der Waals surface area contributed by atoms with Gasteiger partial charge in [-0.15, -0.1) is 0 Å². The Balaban J connectivity index is 1.41. The van der Waals surface area contributed by atoms with Crippen molar-refractivity contribution in [3.8, 4) is 17.0 Å². The number of nitrogens with zero attached hydrogens (tertiary/aromatic N) is 2. The van der Waals surface area contributed by atoms with Crippen molar-refractivity contribution in [1.82, 2.24) is 9.88 Å². The second-order valence-electron chi connectivity index (χ2n) is 8.30. The van der Waals surface area contributed by atoms with Crippen LogP contribution >= 0.6 is 11.6 Å². The lowest BCUT2D eigenvalue weighted by atomic mass is 10.0. The number of fused-ring (bicyclic) bond motifs is 1. The molecule has 0 spiro atoms. The van der Waals surface area contributed by atoms with Crippen LogP contribution in [0.2, 0.25) is 5.02 Å². The van der Waals surface area contributed by atoms with Crippen LogP contribution in [0.3, 0.4) is 0 Å². The molecule has 1 aromatic heterocycles. The monoisotopic (exact) mass is 468 g/mol. The van der Waals surface area contributed by atoms with Crippen LogP contribution in [0.4, 0.5) is 4.39 Å². The van der Waals surface area contributed by atoms with Crippen LogP contribution in [0.1, 0.15) is 30.7 Å². The molecule has 4 rings (SSSR count). The van der Waals surface area contributed by atoms with Gasteiger partial charge in [-0.05, 0) is 25.5 Å². The highest BCUT2D eigenvalue weighted by atomic mass is 35.5. The largest absolute Gasteiger partial charge is 0.473 e. The highest BCUT2D eigenvalue weighted by molar-refractivity contribution is 6.34. The van der Waals surface area contributed by atoms with E-state index in [0.717, 1.165) is 29.8 Å². The molecule has 0 N–H and O–H groups in total. The zero-order valence-electron chi connectivity index (χ0n) is 18.7. The predicted octanol–water partition coefficient (Wildman–Crippen LogP) is 5.43. The van der Waals surface area contributed by atoms with Gasteiger partial charge < -0.3 is 9.47 Å². The van der Waals surface area contributed by atoms with E-state index in [1.165, 1.54) is 6.07 Å². The first-order valence-electron chi connectivity index (χ1n) is 11.0. The molecule has 5 nitrogen and oxygen atoms in total. The lowest BCUT2D eigenvalue weighted by Crippen LogP contribution is -2.36. The fourth-order valence-corrected chi connectivity index (χ4v) is 4.17. The molecule has 3 aromatic rings. The fourth-order valence-electron chi connectivity index (χ4n) is 3.88. The van der Waals surface area contributed by atoms with Crippen molar-refractivity contribution in [2.24, 2.45) is 0 Å². The molecule has 0 fully saturated rings. The van der Waals surface area contributed by atoms with Gasteiger partial charge >= 0.3 is 5.97 Å². The number of benzene rings is 2. The van der Waals surface area contributed by atoms with E-state index in [-0.39, 0.29) is 31.0 Å². The van der Waals surface area contributed by atoms with E-state index in [4.69, 9.17) is 21.1 Å². The van der Waals surface area contributed by atoms with Gasteiger partial charge in [0.1, 0.15) is 12.4 Å². The van der Waals surface area contributed by atoms with E-state index >= 15 is 0 Å². The molecular weight excluding hydrogens is 443 g/mol. The summed E-state index contributed by atoms with van der Waals surface area (Å²) in [6, 6.07) is 15.9. The number of carbonyl (C=O) groups excluding carboxylic acids is 1. The van der Waals surface area contributed by atoms with Gasteiger partial charge in [0.15, 0.2) is 0 Å². The van der Waals surface area contributed by atoms with Crippen molar-refractivity contribution in [3.05, 3.63) is 82.3 Å². The molecule has 0 saturated heterocycles. The molecule has 0 aliphatic carbocycles. The van der Waals surface area contributed by atoms with Crippen molar-refractivity contribution in [2.45, 2.75) is 39.5 Å². The van der Waals surface area contributed by atoms with E-state index in [9.17, 15) is 9.18 Å². The smallest absolute Gasteiger partial charge is 0.320 e. The highest BCUT2D eigenvalue weighted by Crippen LogP contribution is 2.33. The van der Waals surface area contributed by atoms with Gasteiger partial charge in [-0.1, -0.05) is 54.1 Å². The van der Waals surface area contributed by atoms with Gasteiger partial charge in [-0.25, -0.2) is 9.37 Å². The molecule has 2 heterocycles. The molecule has 0 saturated carbocycles. The molecule has 0 amide bonds. The third-order valence-corrected chi connectivity index (χ3v) is 5.89. The summed E-state index contributed by atoms with van der Waals surface area (Å²) in [5.41, 5.74) is 3.88. The fraction of sp³-hybridized carbons (Fsp3) is 0.308. The van der Waals surface area contributed by atoms with Crippen molar-refractivity contribution in [2.75, 3.05) is 13.1 Å². The van der Waals surface area contributed by atoms with Crippen molar-refractivity contribution in [1.29, 1.82) is 0 Å². The van der Waals surface area contributed by atoms with Gasteiger partial charge in [0.2, 0.25) is 5.88 Å². The molecule has 1 aliphatic rings. The first-order chi connectivity index (χ1) is 15.9. The van der Waals surface area contributed by atoms with Crippen LogP contribution in [0.5, 0.6) is 5.88 Å². The van der Waals surface area contributed by atoms with Crippen molar-refractivity contribution in [3.63, 3.8) is 0 Å². The Morgan fingerprint density at radius 2 is 1.91 bits per heavy atom. The minimum absolute atomic E-state index is 0.114. The minimum atomic E-state index is -0.319. The van der Waals surface area contributed by atoms with Gasteiger partial charge in [-0.3, -0.25) is 9.69 Å². The Kier molecular flexibility index (Phi) is 7.26. The Morgan fingerprint density at radius 1 is 1.12 bits per heavy atom. The Labute approximate surface area is 198 Å². The number of ether oxygens (including phenoxy) is 2. The van der Waals surface area contributed by atoms with Crippen LogP contribution in [0, 0.1) is 5.82 Å². The van der Waals surface area contributed by atoms with Crippen LogP contribution in [-0.4, -0.2) is 35.0 Å². The number of aromatic nitrogens is 1. The average molecular weight is 469 g/mol. The number of esters is 1. The SMILES string of the molecule is CC(C)OC(=O)CN1CCc2nc(OCc3cccc(-c4ccccc4F)c3Cl)ccc2C1. The third-order valence-electron chi connectivity index (χ3n) is 5.44. The normalized spacial score (nSPS) is 13.6. The topological polar surface area (TPSA) is 51.7 Å². The van der Waals surface area contributed by atoms with Gasteiger partial charge in [0.25, 0.3) is 0 Å². The lowest BCUT2D eigenvalue weighted by molar-refractivity contribution is -0.148. The molecule has 0 bridgehead atoms. The van der Waals surface area contributed by atoms with Crippen LogP contribution in [-0.2, 0) is 29.1 Å². The Hall–Kier alpha value is -2.96. The van der Waals surface area contributed by atoms with Gasteiger partial charge in [0, 0.05) is 42.3 Å². The minimum Gasteiger partial charge on any atom is -0.473 e. The maximum absolute atomic E-state index is 14.2. The summed E-state index contributed by atoms with van der Waals surface area (Å²) in [5.74, 6) is -0.0232. The summed E-state index contributed by atoms with van der Waals surface area (Å²) in [4.78, 5) is 18.6. The molecule has 2 aromatic carbocycles. The summed E-state index contributed by atoms with van der Waals surface area (Å²) in [6.45, 7) is 5.56. The molecule has 33 heavy (non-hydrogen) atoms. The highest BCUT2D eigenvalue weighted by Gasteiger charge is 2.21. The van der Waals surface area contributed by atoms with E-state index in [0.29, 0.717) is 28.6 Å². The molecule has 0 atom stereocenters. The summed E-state index contributed by atoms with van der Waals surface area (Å²) >= 11 is 6.58. The number of pyridine rings is 1. The Morgan fingerprint density at radius 3 is 2.70 bits per heavy atom. The summed E-state index contributed by atoms with van der Waals surface area (Å²) in [5, 5.41) is 0.462. The molecule has 0 radical (unpaired) electrons. The number of hydrogen-bond acceptors (Lipinski definition) is 5. The van der Waals surface area contributed by atoms with E-state index in [1.54, 1.807) is 24.3 Å². The first kappa shape index (κ1) is 23.2. The van der Waals surface area contributed by atoms with Crippen molar-refractivity contribution >= 4 is 17.6 Å². The van der Waals surface area contributed by atoms with Crippen LogP contribution in [0.25, 0.3) is 11.1 Å². The van der Waals surface area contributed by atoms with Gasteiger partial charge in [0.05, 0.1) is 23.4 Å². The zero-order chi connectivity index (χ0) is 23.4. The predicted molar refractivity (Wildman–Crippen MR) is 126 cm³/mol. The number of rotatable bonds is 7. The van der Waals surface area contributed by atoms with Crippen molar-refractivity contribution < 1.29 is 18.7 Å². The summed E-state index contributed by atoms with van der Waals surface area (Å²) in [6.07, 6.45) is 0.613. The van der Waals surface area contributed by atoms with Gasteiger partial charge in [-0.2, -0.15) is 0 Å². The Bertz CT molecular complexity index is 1150. The number of hydrogen-bond donors (Lipinski definition) is 0. The van der Waals surface area contributed by atoms with Crippen LogP contribution in [0.15, 0.2) is 54.6 Å². The molecule has 172 valence electrons. The quantitative estimate of drug-likeness (QED) is 0.433. The molecule has 7 heteroatoms. The molecule has 1 aliphatic heterocycles. The lowest BCUT2D eigenvalue weighted by Gasteiger charge is -2.27. The number of halogens is 2. The number of carbonyl (C=O) groups is 1.